The van der Waals surface area contributed by atoms with E-state index in [1.54, 1.807) is 30.8 Å². The molecule has 0 saturated heterocycles. The van der Waals surface area contributed by atoms with Crippen LogP contribution in [0.1, 0.15) is 12.5 Å². The molecule has 0 saturated carbocycles. The van der Waals surface area contributed by atoms with Gasteiger partial charge in [0.2, 0.25) is 0 Å². The summed E-state index contributed by atoms with van der Waals surface area (Å²) in [5.74, 6) is -1.29. The Labute approximate surface area is 97.8 Å². The fourth-order valence-electron chi connectivity index (χ4n) is 1.93. The Morgan fingerprint density at radius 2 is 2.18 bits per heavy atom. The molecule has 0 aliphatic rings. The fraction of sp³-hybridized carbons (Fsp3) is 0.154. The molecular weight excluding hydrogens is 221 g/mol. The average molecular weight is 233 g/mol. The smallest absolute Gasteiger partial charge is 0.328 e. The molecule has 0 bridgehead atoms. The number of hydrogen-bond acceptors (Lipinski definition) is 1. The van der Waals surface area contributed by atoms with E-state index >= 15 is 0 Å². The number of carbonyl (C=O) groups is 1. The van der Waals surface area contributed by atoms with Gasteiger partial charge in [-0.3, -0.25) is 0 Å². The van der Waals surface area contributed by atoms with Gasteiger partial charge in [-0.05, 0) is 30.7 Å². The third kappa shape index (κ3) is 2.06. The van der Waals surface area contributed by atoms with Crippen molar-refractivity contribution in [3.8, 4) is 0 Å². The molecule has 4 heteroatoms. The number of nitrogens with zero attached hydrogens (tertiary/aromatic N) is 1. The van der Waals surface area contributed by atoms with E-state index in [0.717, 1.165) is 22.5 Å². The highest BCUT2D eigenvalue weighted by Crippen LogP contribution is 2.27. The predicted molar refractivity (Wildman–Crippen MR) is 64.2 cm³/mol. The van der Waals surface area contributed by atoms with Crippen LogP contribution in [0.25, 0.3) is 16.5 Å². The van der Waals surface area contributed by atoms with Gasteiger partial charge in [-0.2, -0.15) is 0 Å². The van der Waals surface area contributed by atoms with Crippen LogP contribution in [0.2, 0.25) is 0 Å². The Bertz CT molecular complexity index is 626. The van der Waals surface area contributed by atoms with E-state index in [9.17, 15) is 9.18 Å². The van der Waals surface area contributed by atoms with Crippen molar-refractivity contribution in [2.24, 2.45) is 7.05 Å². The number of benzene rings is 1. The van der Waals surface area contributed by atoms with Crippen molar-refractivity contribution < 1.29 is 14.3 Å². The van der Waals surface area contributed by atoms with E-state index < -0.39 is 5.97 Å². The highest BCUT2D eigenvalue weighted by Gasteiger charge is 2.09. The predicted octanol–water partition coefficient (Wildman–Crippen LogP) is 2.81. The molecule has 0 aliphatic heterocycles. The molecule has 88 valence electrons. The van der Waals surface area contributed by atoms with E-state index in [4.69, 9.17) is 5.11 Å². The molecule has 17 heavy (non-hydrogen) atoms. The molecule has 0 unspecified atom stereocenters. The van der Waals surface area contributed by atoms with Gasteiger partial charge in [0.25, 0.3) is 0 Å². The summed E-state index contributed by atoms with van der Waals surface area (Å²) < 4.78 is 14.9. The summed E-state index contributed by atoms with van der Waals surface area (Å²) in [7, 11) is 1.80. The van der Waals surface area contributed by atoms with Crippen LogP contribution < -0.4 is 0 Å². The van der Waals surface area contributed by atoms with E-state index in [-0.39, 0.29) is 5.82 Å². The summed E-state index contributed by atoms with van der Waals surface area (Å²) in [6.07, 6.45) is 2.96. The van der Waals surface area contributed by atoms with Gasteiger partial charge in [-0.25, -0.2) is 9.18 Å². The Kier molecular flexibility index (Phi) is 2.71. The molecule has 1 aromatic heterocycles. The minimum absolute atomic E-state index is 0.301. The topological polar surface area (TPSA) is 42.2 Å². The summed E-state index contributed by atoms with van der Waals surface area (Å²) in [5.41, 5.74) is 2.21. The Morgan fingerprint density at radius 1 is 1.47 bits per heavy atom. The minimum atomic E-state index is -0.985. The lowest BCUT2D eigenvalue weighted by Crippen LogP contribution is -1.89. The first-order valence-electron chi connectivity index (χ1n) is 5.15. The van der Waals surface area contributed by atoms with Crippen LogP contribution in [0.3, 0.4) is 0 Å². The van der Waals surface area contributed by atoms with Gasteiger partial charge in [0.05, 0.1) is 5.52 Å². The lowest BCUT2D eigenvalue weighted by molar-refractivity contribution is -0.131. The number of aliphatic carboxylic acids is 1. The number of allylic oxidation sites excluding steroid dienone is 1. The Morgan fingerprint density at radius 3 is 2.82 bits per heavy atom. The zero-order valence-corrected chi connectivity index (χ0v) is 9.57. The number of aryl methyl sites for hydroxylation is 1. The highest BCUT2D eigenvalue weighted by molar-refractivity contribution is 5.97. The van der Waals surface area contributed by atoms with Crippen LogP contribution in [-0.2, 0) is 11.8 Å². The van der Waals surface area contributed by atoms with Crippen molar-refractivity contribution in [2.75, 3.05) is 0 Å². The van der Waals surface area contributed by atoms with Crippen molar-refractivity contribution >= 4 is 22.4 Å². The van der Waals surface area contributed by atoms with E-state index in [2.05, 4.69) is 0 Å². The fourth-order valence-corrected chi connectivity index (χ4v) is 1.93. The zero-order valence-electron chi connectivity index (χ0n) is 9.57. The van der Waals surface area contributed by atoms with Crippen LogP contribution >= 0.6 is 0 Å². The van der Waals surface area contributed by atoms with Gasteiger partial charge in [0, 0.05) is 30.3 Å². The minimum Gasteiger partial charge on any atom is -0.478 e. The zero-order chi connectivity index (χ0) is 12.6. The summed E-state index contributed by atoms with van der Waals surface area (Å²) in [5, 5.41) is 9.58. The first-order chi connectivity index (χ1) is 7.99. The third-order valence-corrected chi connectivity index (χ3v) is 2.72. The lowest BCUT2D eigenvalue weighted by Gasteiger charge is -1.98. The van der Waals surface area contributed by atoms with Crippen LogP contribution in [0.15, 0.2) is 30.5 Å². The second-order valence-electron chi connectivity index (χ2n) is 3.98. The molecule has 1 aromatic carbocycles. The lowest BCUT2D eigenvalue weighted by atomic mass is 10.1. The quantitative estimate of drug-likeness (QED) is 0.810. The molecule has 2 aromatic rings. The van der Waals surface area contributed by atoms with Crippen molar-refractivity contribution in [1.82, 2.24) is 4.57 Å². The largest absolute Gasteiger partial charge is 0.478 e. The van der Waals surface area contributed by atoms with Gasteiger partial charge in [0.15, 0.2) is 0 Å². The van der Waals surface area contributed by atoms with Crippen LogP contribution in [-0.4, -0.2) is 15.6 Å². The van der Waals surface area contributed by atoms with Crippen molar-refractivity contribution in [1.29, 1.82) is 0 Å². The number of rotatable bonds is 2. The molecule has 0 amide bonds. The van der Waals surface area contributed by atoms with E-state index in [1.165, 1.54) is 12.1 Å². The molecule has 0 fully saturated rings. The maximum absolute atomic E-state index is 13.1. The maximum Gasteiger partial charge on any atom is 0.328 e. The monoisotopic (exact) mass is 233 g/mol. The summed E-state index contributed by atoms with van der Waals surface area (Å²) in [6.45, 7) is 1.73. The molecular formula is C13H12FNO2. The number of aromatic nitrogens is 1. The van der Waals surface area contributed by atoms with Crippen LogP contribution in [0.4, 0.5) is 4.39 Å². The van der Waals surface area contributed by atoms with Gasteiger partial charge in [0.1, 0.15) is 5.82 Å². The molecule has 0 atom stereocenters. The normalized spacial score (nSPS) is 12.1. The Balaban J connectivity index is 2.68. The number of fused-ring (bicyclic) bond motifs is 1. The van der Waals surface area contributed by atoms with Crippen molar-refractivity contribution in [3.63, 3.8) is 0 Å². The summed E-state index contributed by atoms with van der Waals surface area (Å²) in [6, 6.07) is 4.48. The first-order valence-corrected chi connectivity index (χ1v) is 5.15. The van der Waals surface area contributed by atoms with Gasteiger partial charge < -0.3 is 9.67 Å². The standard InChI is InChI=1S/C13H12FNO2/c1-8(5-13(16)17)11-7-15(2)12-6-9(14)3-4-10(11)12/h3-7H,1-2H3,(H,16,17)/b8-5+. The molecule has 2 rings (SSSR count). The van der Waals surface area contributed by atoms with Crippen LogP contribution in [0, 0.1) is 5.82 Å². The SMILES string of the molecule is C/C(=C\C(=O)O)c1cn(C)c2cc(F)ccc12. The Hall–Kier alpha value is -2.10. The molecule has 0 spiro atoms. The number of halogens is 1. The number of carboxylic acid groups (broad SMARTS) is 1. The molecule has 3 nitrogen and oxygen atoms in total. The third-order valence-electron chi connectivity index (χ3n) is 2.72. The van der Waals surface area contributed by atoms with Crippen molar-refractivity contribution in [2.45, 2.75) is 6.92 Å². The maximum atomic E-state index is 13.1. The first kappa shape index (κ1) is 11.4. The van der Waals surface area contributed by atoms with Gasteiger partial charge in [-0.15, -0.1) is 0 Å². The summed E-state index contributed by atoms with van der Waals surface area (Å²) >= 11 is 0. The van der Waals surface area contributed by atoms with Gasteiger partial charge in [-0.1, -0.05) is 0 Å². The second kappa shape index (κ2) is 4.05. The molecule has 0 aliphatic carbocycles. The molecule has 1 N–H and O–H groups in total. The van der Waals surface area contributed by atoms with E-state index in [1.807, 2.05) is 0 Å². The second-order valence-corrected chi connectivity index (χ2v) is 3.98. The number of carboxylic acids is 1. The van der Waals surface area contributed by atoms with Gasteiger partial charge >= 0.3 is 5.97 Å². The van der Waals surface area contributed by atoms with Crippen LogP contribution in [0.5, 0.6) is 0 Å². The highest BCUT2D eigenvalue weighted by atomic mass is 19.1. The number of hydrogen-bond donors (Lipinski definition) is 1. The van der Waals surface area contributed by atoms with E-state index in [0.29, 0.717) is 5.57 Å². The summed E-state index contributed by atoms with van der Waals surface area (Å²) in [4.78, 5) is 10.6. The molecule has 1 heterocycles. The average Bonchev–Trinajstić information content (AvgIpc) is 2.55. The molecule has 0 radical (unpaired) electrons. The van der Waals surface area contributed by atoms with Crippen molar-refractivity contribution in [3.05, 3.63) is 41.9 Å².